The lowest BCUT2D eigenvalue weighted by Crippen LogP contribution is -2.72. The molecule has 21 heavy (non-hydrogen) atoms. The number of alkyl halides is 1. The Morgan fingerprint density at radius 3 is 2.00 bits per heavy atom. The molecular formula is C13H23IO7. The third kappa shape index (κ3) is 2.85. The molecule has 2 aliphatic rings. The molecule has 0 saturated carbocycles. The average Bonchev–Trinajstić information content (AvgIpc) is 2.50. The fraction of sp³-hybridized carbons (Fsp3) is 1.00. The Balaban J connectivity index is 2.33. The van der Waals surface area contributed by atoms with Crippen molar-refractivity contribution in [3.8, 4) is 0 Å². The minimum atomic E-state index is -1.16. The van der Waals surface area contributed by atoms with Crippen LogP contribution in [-0.2, 0) is 28.4 Å². The fourth-order valence-corrected chi connectivity index (χ4v) is 3.40. The first-order valence-electron chi connectivity index (χ1n) is 6.74. The zero-order valence-corrected chi connectivity index (χ0v) is 15.0. The SMILES string of the molecule is CO[C@H]1O[C@H](CI)[C@@H](O)[C@@H]2O[C@@](C)(OC)[C@](C)(OC)O[C@@H]12. The summed E-state index contributed by atoms with van der Waals surface area (Å²) < 4.78 is 34.6. The van der Waals surface area contributed by atoms with Gasteiger partial charge in [-0.3, -0.25) is 0 Å². The second kappa shape index (κ2) is 6.52. The van der Waals surface area contributed by atoms with Crippen LogP contribution in [0, 0.1) is 0 Å². The molecule has 0 radical (unpaired) electrons. The van der Waals surface area contributed by atoms with E-state index in [1.807, 2.05) is 0 Å². The highest BCUT2D eigenvalue weighted by Crippen LogP contribution is 2.43. The molecule has 0 spiro atoms. The van der Waals surface area contributed by atoms with Crippen molar-refractivity contribution in [1.29, 1.82) is 0 Å². The zero-order valence-electron chi connectivity index (χ0n) is 12.9. The van der Waals surface area contributed by atoms with Gasteiger partial charge in [-0.05, 0) is 13.8 Å². The topological polar surface area (TPSA) is 75.6 Å². The predicted molar refractivity (Wildman–Crippen MR) is 81.1 cm³/mol. The molecule has 0 bridgehead atoms. The monoisotopic (exact) mass is 418 g/mol. The van der Waals surface area contributed by atoms with E-state index in [9.17, 15) is 5.11 Å². The van der Waals surface area contributed by atoms with Gasteiger partial charge in [0.15, 0.2) is 6.29 Å². The van der Waals surface area contributed by atoms with Crippen LogP contribution in [-0.4, -0.2) is 73.1 Å². The molecule has 0 aromatic rings. The molecular weight excluding hydrogens is 395 g/mol. The highest BCUT2D eigenvalue weighted by atomic mass is 127. The van der Waals surface area contributed by atoms with Crippen molar-refractivity contribution in [2.45, 2.75) is 56.1 Å². The molecule has 0 unspecified atom stereocenters. The van der Waals surface area contributed by atoms with Crippen LogP contribution in [0.1, 0.15) is 13.8 Å². The summed E-state index contributed by atoms with van der Waals surface area (Å²) >= 11 is 2.15. The van der Waals surface area contributed by atoms with Crippen LogP contribution >= 0.6 is 22.6 Å². The fourth-order valence-electron chi connectivity index (χ4n) is 2.67. The lowest BCUT2D eigenvalue weighted by atomic mass is 9.95. The highest BCUT2D eigenvalue weighted by molar-refractivity contribution is 14.1. The van der Waals surface area contributed by atoms with Gasteiger partial charge in [0.1, 0.15) is 18.3 Å². The Kier molecular flexibility index (Phi) is 5.52. The number of methoxy groups -OCH3 is 3. The van der Waals surface area contributed by atoms with Gasteiger partial charge in [-0.15, -0.1) is 0 Å². The Hall–Kier alpha value is 0.450. The van der Waals surface area contributed by atoms with Crippen LogP contribution in [0.25, 0.3) is 0 Å². The normalized spacial score (nSPS) is 50.7. The van der Waals surface area contributed by atoms with Crippen molar-refractivity contribution in [3.63, 3.8) is 0 Å². The first kappa shape index (κ1) is 17.8. The maximum atomic E-state index is 10.5. The smallest absolute Gasteiger partial charge is 0.220 e. The number of hydrogen-bond acceptors (Lipinski definition) is 7. The maximum absolute atomic E-state index is 10.5. The summed E-state index contributed by atoms with van der Waals surface area (Å²) in [6.07, 6.45) is -3.12. The van der Waals surface area contributed by atoms with E-state index in [0.717, 1.165) is 0 Å². The number of fused-ring (bicyclic) bond motifs is 1. The van der Waals surface area contributed by atoms with Gasteiger partial charge in [-0.2, -0.15) is 0 Å². The number of aliphatic hydroxyl groups is 1. The molecule has 2 fully saturated rings. The largest absolute Gasteiger partial charge is 0.388 e. The molecule has 0 aromatic heterocycles. The summed E-state index contributed by atoms with van der Waals surface area (Å²) in [5, 5.41) is 10.5. The van der Waals surface area contributed by atoms with Crippen LogP contribution in [0.2, 0.25) is 0 Å². The quantitative estimate of drug-likeness (QED) is 0.531. The van der Waals surface area contributed by atoms with E-state index in [1.54, 1.807) is 13.8 Å². The van der Waals surface area contributed by atoms with E-state index in [-0.39, 0.29) is 0 Å². The van der Waals surface area contributed by atoms with Crippen molar-refractivity contribution in [2.24, 2.45) is 0 Å². The number of ether oxygens (including phenoxy) is 6. The van der Waals surface area contributed by atoms with Gasteiger partial charge < -0.3 is 33.5 Å². The predicted octanol–water partition coefficient (Wildman–Crippen LogP) is 0.663. The third-order valence-electron chi connectivity index (χ3n) is 4.33. The van der Waals surface area contributed by atoms with Crippen LogP contribution in [0.15, 0.2) is 0 Å². The molecule has 0 amide bonds. The lowest BCUT2D eigenvalue weighted by molar-refractivity contribution is -0.482. The van der Waals surface area contributed by atoms with E-state index in [2.05, 4.69) is 22.6 Å². The molecule has 1 N–H and O–H groups in total. The van der Waals surface area contributed by atoms with E-state index < -0.39 is 42.3 Å². The molecule has 2 rings (SSSR count). The number of rotatable bonds is 4. The molecule has 2 heterocycles. The average molecular weight is 418 g/mol. The van der Waals surface area contributed by atoms with Gasteiger partial charge in [-0.25, -0.2) is 0 Å². The van der Waals surface area contributed by atoms with E-state index >= 15 is 0 Å². The molecule has 0 aromatic carbocycles. The third-order valence-corrected chi connectivity index (χ3v) is 5.20. The van der Waals surface area contributed by atoms with Crippen LogP contribution < -0.4 is 0 Å². The minimum absolute atomic E-state index is 0.395. The van der Waals surface area contributed by atoms with Crippen molar-refractivity contribution >= 4 is 22.6 Å². The maximum Gasteiger partial charge on any atom is 0.220 e. The first-order chi connectivity index (χ1) is 9.85. The summed E-state index contributed by atoms with van der Waals surface area (Å²) in [6.45, 7) is 3.44. The summed E-state index contributed by atoms with van der Waals surface area (Å²) in [7, 11) is 4.55. The molecule has 7 nitrogen and oxygen atoms in total. The van der Waals surface area contributed by atoms with Crippen molar-refractivity contribution in [2.75, 3.05) is 25.8 Å². The molecule has 2 saturated heterocycles. The summed E-state index contributed by atoms with van der Waals surface area (Å²) in [4.78, 5) is 0. The Morgan fingerprint density at radius 1 is 1.05 bits per heavy atom. The summed E-state index contributed by atoms with van der Waals surface area (Å²) in [5.74, 6) is -2.31. The molecule has 124 valence electrons. The highest BCUT2D eigenvalue weighted by Gasteiger charge is 2.62. The zero-order chi connectivity index (χ0) is 15.8. The Bertz CT molecular complexity index is 370. The minimum Gasteiger partial charge on any atom is -0.388 e. The van der Waals surface area contributed by atoms with Crippen molar-refractivity contribution in [3.05, 3.63) is 0 Å². The van der Waals surface area contributed by atoms with Crippen LogP contribution in [0.3, 0.4) is 0 Å². The standard InChI is InChI=1S/C13H23IO7/c1-12(17-4)13(2,18-5)21-10-9(20-12)8(15)7(6-14)19-11(10)16-3/h7-11,15H,6H2,1-5H3/t7-,8-,9+,10-,11+,12-,13-/m1/s1. The molecule has 7 atom stereocenters. The molecule has 0 aliphatic carbocycles. The van der Waals surface area contributed by atoms with Gasteiger partial charge in [0.05, 0.1) is 6.10 Å². The van der Waals surface area contributed by atoms with Gasteiger partial charge in [-0.1, -0.05) is 22.6 Å². The van der Waals surface area contributed by atoms with Gasteiger partial charge in [0.25, 0.3) is 0 Å². The Labute approximate surface area is 138 Å². The second-order valence-corrected chi connectivity index (χ2v) is 6.27. The van der Waals surface area contributed by atoms with Gasteiger partial charge >= 0.3 is 0 Å². The first-order valence-corrected chi connectivity index (χ1v) is 8.26. The van der Waals surface area contributed by atoms with Crippen LogP contribution in [0.4, 0.5) is 0 Å². The number of halogens is 1. The second-order valence-electron chi connectivity index (χ2n) is 5.39. The number of aliphatic hydroxyl groups excluding tert-OH is 1. The Morgan fingerprint density at radius 2 is 1.57 bits per heavy atom. The molecule has 2 aliphatic heterocycles. The summed E-state index contributed by atoms with van der Waals surface area (Å²) in [5.41, 5.74) is 0. The van der Waals surface area contributed by atoms with E-state index in [4.69, 9.17) is 28.4 Å². The van der Waals surface area contributed by atoms with Crippen molar-refractivity contribution < 1.29 is 33.5 Å². The molecule has 8 heteroatoms. The van der Waals surface area contributed by atoms with E-state index in [0.29, 0.717) is 4.43 Å². The summed E-state index contributed by atoms with van der Waals surface area (Å²) in [6, 6.07) is 0. The number of hydrogen-bond donors (Lipinski definition) is 1. The van der Waals surface area contributed by atoms with Gasteiger partial charge in [0.2, 0.25) is 11.6 Å². The van der Waals surface area contributed by atoms with Crippen LogP contribution in [0.5, 0.6) is 0 Å². The van der Waals surface area contributed by atoms with Crippen molar-refractivity contribution in [1.82, 2.24) is 0 Å². The van der Waals surface area contributed by atoms with Gasteiger partial charge in [0, 0.05) is 25.8 Å². The van der Waals surface area contributed by atoms with E-state index in [1.165, 1.54) is 21.3 Å². The lowest BCUT2D eigenvalue weighted by Gasteiger charge is -2.56.